The van der Waals surface area contributed by atoms with E-state index < -0.39 is 5.91 Å². The molecule has 0 bridgehead atoms. The molecule has 0 fully saturated rings. The fourth-order valence-electron chi connectivity index (χ4n) is 1.28. The summed E-state index contributed by atoms with van der Waals surface area (Å²) in [6.07, 6.45) is 0. The van der Waals surface area contributed by atoms with Crippen LogP contribution in [0.4, 0.5) is 5.69 Å². The van der Waals surface area contributed by atoms with Crippen LogP contribution in [0.1, 0.15) is 10.5 Å². The Bertz CT molecular complexity index is 682. The Morgan fingerprint density at radius 3 is 2.58 bits per heavy atom. The quantitative estimate of drug-likeness (QED) is 0.806. The van der Waals surface area contributed by atoms with Crippen molar-refractivity contribution in [1.82, 2.24) is 10.2 Å². The third-order valence-corrected chi connectivity index (χ3v) is 3.97. The molecule has 0 radical (unpaired) electrons. The summed E-state index contributed by atoms with van der Waals surface area (Å²) in [7, 11) is 0. The maximum absolute atomic E-state index is 11.9. The lowest BCUT2D eigenvalue weighted by Crippen LogP contribution is -2.17. The molecule has 2 N–H and O–H groups in total. The first kappa shape index (κ1) is 14.0. The lowest BCUT2D eigenvalue weighted by atomic mass is 10.3. The van der Waals surface area contributed by atoms with E-state index in [2.05, 4.69) is 31.4 Å². The number of halogens is 3. The van der Waals surface area contributed by atoms with Crippen LogP contribution in [0.2, 0.25) is 10.0 Å². The highest BCUT2D eigenvalue weighted by molar-refractivity contribution is 9.10. The van der Waals surface area contributed by atoms with Gasteiger partial charge in [0.1, 0.15) is 5.69 Å². The Morgan fingerprint density at radius 1 is 1.21 bits per heavy atom. The second-order valence-corrected chi connectivity index (χ2v) is 5.09. The molecule has 0 saturated carbocycles. The van der Waals surface area contributed by atoms with Crippen molar-refractivity contribution >= 4 is 50.7 Å². The van der Waals surface area contributed by atoms with Crippen molar-refractivity contribution in [2.24, 2.45) is 0 Å². The second kappa shape index (κ2) is 5.73. The van der Waals surface area contributed by atoms with Crippen molar-refractivity contribution in [3.05, 3.63) is 54.8 Å². The normalized spacial score (nSPS) is 10.3. The van der Waals surface area contributed by atoms with Gasteiger partial charge in [-0.1, -0.05) is 23.2 Å². The van der Waals surface area contributed by atoms with Gasteiger partial charge in [0, 0.05) is 10.5 Å². The van der Waals surface area contributed by atoms with Crippen LogP contribution < -0.4 is 10.9 Å². The highest BCUT2D eigenvalue weighted by atomic mass is 79.9. The first-order valence-corrected chi connectivity index (χ1v) is 6.54. The van der Waals surface area contributed by atoms with E-state index in [4.69, 9.17) is 23.2 Å². The molecule has 0 spiro atoms. The van der Waals surface area contributed by atoms with Gasteiger partial charge in [-0.15, -0.1) is 0 Å². The van der Waals surface area contributed by atoms with E-state index in [0.29, 0.717) is 15.2 Å². The molecule has 0 saturated heterocycles. The van der Waals surface area contributed by atoms with Crippen LogP contribution in [-0.2, 0) is 0 Å². The summed E-state index contributed by atoms with van der Waals surface area (Å²) in [6.45, 7) is 0. The number of carbonyl (C=O) groups excluding carboxylic acids is 1. The Morgan fingerprint density at radius 2 is 1.95 bits per heavy atom. The lowest BCUT2D eigenvalue weighted by molar-refractivity contribution is 0.102. The van der Waals surface area contributed by atoms with Gasteiger partial charge in [0.2, 0.25) is 0 Å². The number of anilines is 1. The summed E-state index contributed by atoms with van der Waals surface area (Å²) in [5.74, 6) is -0.503. The van der Waals surface area contributed by atoms with Crippen LogP contribution >= 0.6 is 39.1 Å². The average Bonchev–Trinajstić information content (AvgIpc) is 2.40. The van der Waals surface area contributed by atoms with Crippen LogP contribution in [-0.4, -0.2) is 16.1 Å². The molecular formula is C11H6BrCl2N3O2. The lowest BCUT2D eigenvalue weighted by Gasteiger charge is -2.08. The molecule has 98 valence electrons. The zero-order chi connectivity index (χ0) is 14.0. The smallest absolute Gasteiger partial charge is 0.276 e. The van der Waals surface area contributed by atoms with Gasteiger partial charge in [-0.2, -0.15) is 5.10 Å². The molecule has 2 aromatic rings. The summed E-state index contributed by atoms with van der Waals surface area (Å²) >= 11 is 15.2. The van der Waals surface area contributed by atoms with Crippen LogP contribution in [0.25, 0.3) is 0 Å². The molecular weight excluding hydrogens is 357 g/mol. The summed E-state index contributed by atoms with van der Waals surface area (Å²) in [4.78, 5) is 22.7. The standard InChI is InChI=1S/C11H6BrCl2N3O2/c12-5-1-2-6(10(14)9(5)13)15-11(19)7-3-4-8(18)17-16-7/h1-4H,(H,15,19)(H,17,18). The number of benzene rings is 1. The van der Waals surface area contributed by atoms with E-state index in [1.54, 1.807) is 12.1 Å². The minimum atomic E-state index is -0.503. The Labute approximate surface area is 126 Å². The van der Waals surface area contributed by atoms with Crippen LogP contribution in [0.3, 0.4) is 0 Å². The SMILES string of the molecule is O=C(Nc1ccc(Br)c(Cl)c1Cl)c1ccc(=O)[nH]n1. The first-order chi connectivity index (χ1) is 8.99. The van der Waals surface area contributed by atoms with E-state index in [9.17, 15) is 9.59 Å². The van der Waals surface area contributed by atoms with Crippen LogP contribution in [0.15, 0.2) is 33.5 Å². The summed E-state index contributed by atoms with van der Waals surface area (Å²) in [5.41, 5.74) is 0.0313. The number of H-pyrrole nitrogens is 1. The molecule has 1 aromatic carbocycles. The van der Waals surface area contributed by atoms with Crippen molar-refractivity contribution in [3.8, 4) is 0 Å². The minimum absolute atomic E-state index is 0.0645. The molecule has 0 aliphatic carbocycles. The van der Waals surface area contributed by atoms with E-state index in [0.717, 1.165) is 0 Å². The van der Waals surface area contributed by atoms with Gasteiger partial charge in [-0.05, 0) is 34.1 Å². The molecule has 0 aliphatic rings. The van der Waals surface area contributed by atoms with Crippen molar-refractivity contribution in [3.63, 3.8) is 0 Å². The highest BCUT2D eigenvalue weighted by Gasteiger charge is 2.13. The molecule has 19 heavy (non-hydrogen) atoms. The molecule has 1 amide bonds. The second-order valence-electron chi connectivity index (χ2n) is 3.48. The number of aromatic nitrogens is 2. The van der Waals surface area contributed by atoms with E-state index in [1.165, 1.54) is 12.1 Å². The summed E-state index contributed by atoms with van der Waals surface area (Å²) in [6, 6.07) is 5.77. The van der Waals surface area contributed by atoms with Crippen molar-refractivity contribution < 1.29 is 4.79 Å². The molecule has 0 atom stereocenters. The van der Waals surface area contributed by atoms with Gasteiger partial charge < -0.3 is 5.32 Å². The van der Waals surface area contributed by atoms with Crippen molar-refractivity contribution in [2.45, 2.75) is 0 Å². The molecule has 0 aliphatic heterocycles. The maximum Gasteiger partial charge on any atom is 0.276 e. The van der Waals surface area contributed by atoms with Gasteiger partial charge >= 0.3 is 0 Å². The van der Waals surface area contributed by atoms with E-state index >= 15 is 0 Å². The number of aromatic amines is 1. The van der Waals surface area contributed by atoms with E-state index in [-0.39, 0.29) is 16.3 Å². The van der Waals surface area contributed by atoms with E-state index in [1.807, 2.05) is 0 Å². The Balaban J connectivity index is 2.27. The molecule has 1 heterocycles. The molecule has 0 unspecified atom stereocenters. The molecule has 8 heteroatoms. The van der Waals surface area contributed by atoms with Crippen molar-refractivity contribution in [2.75, 3.05) is 5.32 Å². The summed E-state index contributed by atoms with van der Waals surface area (Å²) in [5, 5.41) is 8.85. The van der Waals surface area contributed by atoms with Crippen LogP contribution in [0.5, 0.6) is 0 Å². The number of nitrogens with zero attached hydrogens (tertiary/aromatic N) is 1. The third-order valence-electron chi connectivity index (χ3n) is 2.20. The number of hydrogen-bond acceptors (Lipinski definition) is 3. The van der Waals surface area contributed by atoms with Crippen LogP contribution in [0, 0.1) is 0 Å². The molecule has 5 nitrogen and oxygen atoms in total. The molecule has 1 aromatic heterocycles. The Kier molecular flexibility index (Phi) is 4.24. The number of amides is 1. The van der Waals surface area contributed by atoms with Gasteiger partial charge in [-0.3, -0.25) is 9.59 Å². The maximum atomic E-state index is 11.9. The predicted molar refractivity (Wildman–Crippen MR) is 77.0 cm³/mol. The number of rotatable bonds is 2. The minimum Gasteiger partial charge on any atom is -0.319 e. The number of hydrogen-bond donors (Lipinski definition) is 2. The molecule has 2 rings (SSSR count). The number of nitrogens with one attached hydrogen (secondary N) is 2. The first-order valence-electron chi connectivity index (χ1n) is 4.99. The van der Waals surface area contributed by atoms with Gasteiger partial charge in [0.05, 0.1) is 15.7 Å². The fourth-order valence-corrected chi connectivity index (χ4v) is 2.10. The zero-order valence-corrected chi connectivity index (χ0v) is 12.3. The zero-order valence-electron chi connectivity index (χ0n) is 9.21. The topological polar surface area (TPSA) is 74.8 Å². The highest BCUT2D eigenvalue weighted by Crippen LogP contribution is 2.35. The number of carbonyl (C=O) groups is 1. The Hall–Kier alpha value is -1.37. The predicted octanol–water partition coefficient (Wildman–Crippen LogP) is 3.09. The summed E-state index contributed by atoms with van der Waals surface area (Å²) < 4.78 is 0.624. The van der Waals surface area contributed by atoms with Crippen molar-refractivity contribution in [1.29, 1.82) is 0 Å². The van der Waals surface area contributed by atoms with Gasteiger partial charge in [0.15, 0.2) is 0 Å². The van der Waals surface area contributed by atoms with Gasteiger partial charge in [-0.25, -0.2) is 5.10 Å². The average molecular weight is 363 g/mol. The third kappa shape index (κ3) is 3.15. The monoisotopic (exact) mass is 361 g/mol. The van der Waals surface area contributed by atoms with Gasteiger partial charge in [0.25, 0.3) is 11.5 Å². The fraction of sp³-hybridized carbons (Fsp3) is 0. The largest absolute Gasteiger partial charge is 0.319 e.